The molecule has 0 aliphatic carbocycles. The number of nitrogens with zero attached hydrogens (tertiary/aromatic N) is 1. The Balaban J connectivity index is 1.78. The van der Waals surface area contributed by atoms with Crippen LogP contribution in [0.2, 0.25) is 0 Å². The molecule has 0 bridgehead atoms. The van der Waals surface area contributed by atoms with E-state index in [1.807, 2.05) is 59.5 Å². The molecule has 1 amide bonds. The van der Waals surface area contributed by atoms with E-state index in [-0.39, 0.29) is 11.2 Å². The maximum atomic E-state index is 11.9. The summed E-state index contributed by atoms with van der Waals surface area (Å²) in [7, 11) is 0. The van der Waals surface area contributed by atoms with Gasteiger partial charge < -0.3 is 9.64 Å². The Hall–Kier alpha value is -1.94. The number of hydrogen-bond acceptors (Lipinski definition) is 3. The summed E-state index contributed by atoms with van der Waals surface area (Å²) in [5, 5.41) is 0.139. The Bertz CT molecular complexity index is 630. The molecule has 0 N–H and O–H groups in total. The molecule has 0 spiro atoms. The van der Waals surface area contributed by atoms with Crippen LogP contribution in [0.1, 0.15) is 12.0 Å². The fraction of sp³-hybridized carbons (Fsp3) is 0.235. The van der Waals surface area contributed by atoms with E-state index in [0.717, 1.165) is 17.1 Å². The highest BCUT2D eigenvalue weighted by Crippen LogP contribution is 2.27. The first-order chi connectivity index (χ1) is 10.2. The number of rotatable bonds is 4. The summed E-state index contributed by atoms with van der Waals surface area (Å²) in [5.41, 5.74) is 1.01. The largest absolute Gasteiger partial charge is 0.457 e. The normalized spacial score (nSPS) is 18.0. The molecule has 2 aromatic carbocycles. The maximum absolute atomic E-state index is 11.9. The molecule has 2 aromatic rings. The molecule has 0 saturated carbocycles. The van der Waals surface area contributed by atoms with E-state index in [0.29, 0.717) is 19.5 Å². The van der Waals surface area contributed by atoms with Crippen molar-refractivity contribution in [2.24, 2.45) is 0 Å². The first-order valence-corrected chi connectivity index (χ1v) is 7.50. The lowest BCUT2D eigenvalue weighted by molar-refractivity contribution is -0.128. The second kappa shape index (κ2) is 6.22. The van der Waals surface area contributed by atoms with E-state index in [1.54, 1.807) is 0 Å². The van der Waals surface area contributed by atoms with Crippen LogP contribution in [0, 0.1) is 0 Å². The lowest BCUT2D eigenvalue weighted by Crippen LogP contribution is -2.24. The number of ether oxygens (including phenoxy) is 1. The van der Waals surface area contributed by atoms with Crippen molar-refractivity contribution in [1.29, 1.82) is 0 Å². The standard InChI is InChI=1S/C17H17NO2S/c19-17-10-15(21)12-18(17)11-13-6-4-5-9-16(13)20-14-7-2-1-3-8-14/h1-9,15,21H,10-12H2. The van der Waals surface area contributed by atoms with Gasteiger partial charge in [0.2, 0.25) is 5.91 Å². The highest BCUT2D eigenvalue weighted by Gasteiger charge is 2.27. The number of carbonyl (C=O) groups is 1. The minimum atomic E-state index is 0.139. The third-order valence-corrected chi connectivity index (χ3v) is 3.84. The molecule has 1 unspecified atom stereocenters. The van der Waals surface area contributed by atoms with Gasteiger partial charge in [-0.15, -0.1) is 0 Å². The van der Waals surface area contributed by atoms with Gasteiger partial charge in [-0.2, -0.15) is 12.6 Å². The van der Waals surface area contributed by atoms with Crippen molar-refractivity contribution in [1.82, 2.24) is 4.90 Å². The quantitative estimate of drug-likeness (QED) is 0.876. The van der Waals surface area contributed by atoms with Gasteiger partial charge in [-0.1, -0.05) is 36.4 Å². The van der Waals surface area contributed by atoms with Crippen LogP contribution in [-0.4, -0.2) is 22.6 Å². The fourth-order valence-corrected chi connectivity index (χ4v) is 2.81. The van der Waals surface area contributed by atoms with Crippen molar-refractivity contribution in [2.45, 2.75) is 18.2 Å². The topological polar surface area (TPSA) is 29.5 Å². The average Bonchev–Trinajstić information content (AvgIpc) is 2.80. The molecule has 1 atom stereocenters. The maximum Gasteiger partial charge on any atom is 0.224 e. The van der Waals surface area contributed by atoms with Crippen LogP contribution in [-0.2, 0) is 11.3 Å². The fourth-order valence-electron chi connectivity index (χ4n) is 2.46. The van der Waals surface area contributed by atoms with Gasteiger partial charge in [0.1, 0.15) is 11.5 Å². The summed E-state index contributed by atoms with van der Waals surface area (Å²) in [4.78, 5) is 13.7. The minimum absolute atomic E-state index is 0.139. The van der Waals surface area contributed by atoms with Gasteiger partial charge in [-0.25, -0.2) is 0 Å². The van der Waals surface area contributed by atoms with Crippen LogP contribution in [0.15, 0.2) is 54.6 Å². The molecule has 21 heavy (non-hydrogen) atoms. The molecule has 1 saturated heterocycles. The van der Waals surface area contributed by atoms with Gasteiger partial charge in [0, 0.05) is 30.3 Å². The van der Waals surface area contributed by atoms with Crippen LogP contribution >= 0.6 is 12.6 Å². The summed E-state index contributed by atoms with van der Waals surface area (Å²) in [6.07, 6.45) is 0.519. The van der Waals surface area contributed by atoms with Gasteiger partial charge in [-0.05, 0) is 18.2 Å². The number of carbonyl (C=O) groups excluding carboxylic acids is 1. The molecular weight excluding hydrogens is 282 g/mol. The van der Waals surface area contributed by atoms with Crippen molar-refractivity contribution < 1.29 is 9.53 Å². The predicted molar refractivity (Wildman–Crippen MR) is 85.8 cm³/mol. The molecule has 108 valence electrons. The highest BCUT2D eigenvalue weighted by atomic mass is 32.1. The molecule has 1 heterocycles. The van der Waals surface area contributed by atoms with Crippen LogP contribution in [0.3, 0.4) is 0 Å². The summed E-state index contributed by atoms with van der Waals surface area (Å²) in [5.74, 6) is 1.74. The molecular formula is C17H17NO2S. The van der Waals surface area contributed by atoms with E-state index < -0.39 is 0 Å². The van der Waals surface area contributed by atoms with Gasteiger partial charge >= 0.3 is 0 Å². The van der Waals surface area contributed by atoms with Crippen LogP contribution in [0.5, 0.6) is 11.5 Å². The molecule has 4 heteroatoms. The number of thiol groups is 1. The number of hydrogen-bond donors (Lipinski definition) is 1. The summed E-state index contributed by atoms with van der Waals surface area (Å²) < 4.78 is 5.92. The molecule has 3 nitrogen and oxygen atoms in total. The summed E-state index contributed by atoms with van der Waals surface area (Å²) in [6, 6.07) is 17.5. The summed E-state index contributed by atoms with van der Waals surface area (Å²) >= 11 is 4.39. The van der Waals surface area contributed by atoms with E-state index in [4.69, 9.17) is 4.74 Å². The van der Waals surface area contributed by atoms with Gasteiger partial charge in [-0.3, -0.25) is 4.79 Å². The van der Waals surface area contributed by atoms with Crippen molar-refractivity contribution in [3.63, 3.8) is 0 Å². The summed E-state index contributed by atoms with van der Waals surface area (Å²) in [6.45, 7) is 1.26. The Morgan fingerprint density at radius 1 is 1.10 bits per heavy atom. The monoisotopic (exact) mass is 299 g/mol. The molecule has 1 fully saturated rings. The van der Waals surface area contributed by atoms with Crippen molar-refractivity contribution in [3.8, 4) is 11.5 Å². The van der Waals surface area contributed by atoms with Gasteiger partial charge in [0.05, 0.1) is 0 Å². The number of amides is 1. The number of benzene rings is 2. The predicted octanol–water partition coefficient (Wildman–Crippen LogP) is 3.51. The van der Waals surface area contributed by atoms with Crippen molar-refractivity contribution in [3.05, 3.63) is 60.2 Å². The van der Waals surface area contributed by atoms with E-state index in [2.05, 4.69) is 12.6 Å². The molecule has 3 rings (SSSR count). The molecule has 0 aromatic heterocycles. The van der Waals surface area contributed by atoms with Crippen LogP contribution in [0.4, 0.5) is 0 Å². The molecule has 0 radical (unpaired) electrons. The smallest absolute Gasteiger partial charge is 0.224 e. The van der Waals surface area contributed by atoms with Gasteiger partial charge in [0.25, 0.3) is 0 Å². The van der Waals surface area contributed by atoms with E-state index in [1.165, 1.54) is 0 Å². The molecule has 1 aliphatic heterocycles. The Morgan fingerprint density at radius 2 is 1.81 bits per heavy atom. The second-order valence-electron chi connectivity index (χ2n) is 5.16. The third kappa shape index (κ3) is 3.39. The number of para-hydroxylation sites is 2. The SMILES string of the molecule is O=C1CC(S)CN1Cc1ccccc1Oc1ccccc1. The Labute approximate surface area is 129 Å². The highest BCUT2D eigenvalue weighted by molar-refractivity contribution is 7.81. The van der Waals surface area contributed by atoms with Crippen LogP contribution < -0.4 is 4.74 Å². The zero-order chi connectivity index (χ0) is 14.7. The Morgan fingerprint density at radius 3 is 2.52 bits per heavy atom. The van der Waals surface area contributed by atoms with E-state index in [9.17, 15) is 4.79 Å². The minimum Gasteiger partial charge on any atom is -0.457 e. The Kier molecular flexibility index (Phi) is 4.15. The zero-order valence-corrected chi connectivity index (χ0v) is 12.5. The lowest BCUT2D eigenvalue weighted by Gasteiger charge is -2.18. The second-order valence-corrected chi connectivity index (χ2v) is 5.89. The van der Waals surface area contributed by atoms with Crippen molar-refractivity contribution >= 4 is 18.5 Å². The zero-order valence-electron chi connectivity index (χ0n) is 11.6. The average molecular weight is 299 g/mol. The number of likely N-dealkylation sites (tertiary alicyclic amines) is 1. The van der Waals surface area contributed by atoms with Gasteiger partial charge in [0.15, 0.2) is 0 Å². The first-order valence-electron chi connectivity index (χ1n) is 6.99. The van der Waals surface area contributed by atoms with Crippen LogP contribution in [0.25, 0.3) is 0 Å². The lowest BCUT2D eigenvalue weighted by atomic mass is 10.2. The van der Waals surface area contributed by atoms with E-state index >= 15 is 0 Å². The molecule has 1 aliphatic rings. The van der Waals surface area contributed by atoms with Crippen molar-refractivity contribution in [2.75, 3.05) is 6.54 Å². The first kappa shape index (κ1) is 14.0. The third-order valence-electron chi connectivity index (χ3n) is 3.50.